The Morgan fingerprint density at radius 3 is 2.18 bits per heavy atom. The Kier molecular flexibility index (Phi) is 4.30. The van der Waals surface area contributed by atoms with Crippen molar-refractivity contribution in [3.8, 4) is 5.75 Å². The smallest absolute Gasteiger partial charge is 0.344 e. The third kappa shape index (κ3) is 3.08. The first kappa shape index (κ1) is 13.3. The van der Waals surface area contributed by atoms with Crippen LogP contribution in [0.25, 0.3) is 0 Å². The number of rotatable bonds is 4. The molecule has 0 saturated carbocycles. The fourth-order valence-electron chi connectivity index (χ4n) is 1.01. The monoisotopic (exact) mass is 252 g/mol. The average molecular weight is 252 g/mol. The van der Waals surface area contributed by atoms with Crippen molar-refractivity contribution in [3.05, 3.63) is 29.3 Å². The molecule has 0 atom stereocenters. The summed E-state index contributed by atoms with van der Waals surface area (Å²) in [5.41, 5.74) is 0. The SMILES string of the molecule is CCOC(=O)COc1c(F)c(F)cc(F)c1F. The maximum Gasteiger partial charge on any atom is 0.344 e. The van der Waals surface area contributed by atoms with E-state index in [1.807, 2.05) is 0 Å². The van der Waals surface area contributed by atoms with Gasteiger partial charge in [-0.15, -0.1) is 0 Å². The Bertz CT molecular complexity index is 408. The second-order valence-electron chi connectivity index (χ2n) is 2.89. The van der Waals surface area contributed by atoms with Crippen LogP contribution in [0.4, 0.5) is 17.6 Å². The Morgan fingerprint density at radius 1 is 1.18 bits per heavy atom. The quantitative estimate of drug-likeness (QED) is 0.468. The highest BCUT2D eigenvalue weighted by molar-refractivity contribution is 5.71. The molecule has 1 aromatic carbocycles. The summed E-state index contributed by atoms with van der Waals surface area (Å²) in [4.78, 5) is 10.8. The van der Waals surface area contributed by atoms with Crippen LogP contribution < -0.4 is 4.74 Å². The van der Waals surface area contributed by atoms with Crippen molar-refractivity contribution in [1.82, 2.24) is 0 Å². The zero-order valence-corrected chi connectivity index (χ0v) is 8.73. The molecule has 0 aliphatic rings. The molecular weight excluding hydrogens is 244 g/mol. The second-order valence-corrected chi connectivity index (χ2v) is 2.89. The number of halogens is 4. The molecule has 0 aliphatic heterocycles. The molecule has 0 unspecified atom stereocenters. The van der Waals surface area contributed by atoms with Gasteiger partial charge in [0, 0.05) is 6.07 Å². The topological polar surface area (TPSA) is 35.5 Å². The zero-order chi connectivity index (χ0) is 13.0. The van der Waals surface area contributed by atoms with Crippen LogP contribution in [0, 0.1) is 23.3 Å². The van der Waals surface area contributed by atoms with E-state index in [2.05, 4.69) is 9.47 Å². The maximum atomic E-state index is 13.0. The van der Waals surface area contributed by atoms with Crippen LogP contribution in [-0.2, 0) is 9.53 Å². The molecule has 1 rings (SSSR count). The van der Waals surface area contributed by atoms with Gasteiger partial charge in [0.2, 0.25) is 11.6 Å². The minimum Gasteiger partial charge on any atom is -0.476 e. The lowest BCUT2D eigenvalue weighted by atomic mass is 10.3. The summed E-state index contributed by atoms with van der Waals surface area (Å²) in [6.45, 7) is 0.718. The summed E-state index contributed by atoms with van der Waals surface area (Å²) in [5, 5.41) is 0. The summed E-state index contributed by atoms with van der Waals surface area (Å²) >= 11 is 0. The lowest BCUT2D eigenvalue weighted by Gasteiger charge is -2.08. The van der Waals surface area contributed by atoms with E-state index in [0.717, 1.165) is 0 Å². The predicted molar refractivity (Wildman–Crippen MR) is 48.4 cm³/mol. The molecule has 94 valence electrons. The van der Waals surface area contributed by atoms with Gasteiger partial charge in [0.15, 0.2) is 24.0 Å². The van der Waals surface area contributed by atoms with Crippen LogP contribution in [0.3, 0.4) is 0 Å². The standard InChI is InChI=1S/C10H8F4O3/c1-2-16-7(15)4-17-10-8(13)5(11)3-6(12)9(10)14/h3H,2,4H2,1H3. The van der Waals surface area contributed by atoms with E-state index in [1.165, 1.54) is 6.92 Å². The molecule has 0 amide bonds. The first-order valence-corrected chi connectivity index (χ1v) is 4.58. The molecule has 0 aliphatic carbocycles. The summed E-state index contributed by atoms with van der Waals surface area (Å²) in [5.74, 6) is -8.81. The molecule has 7 heteroatoms. The van der Waals surface area contributed by atoms with Gasteiger partial charge < -0.3 is 9.47 Å². The molecule has 0 spiro atoms. The van der Waals surface area contributed by atoms with E-state index in [1.54, 1.807) is 0 Å². The maximum absolute atomic E-state index is 13.0. The van der Waals surface area contributed by atoms with Crippen LogP contribution in [0.5, 0.6) is 5.75 Å². The first-order chi connectivity index (χ1) is 7.97. The molecule has 0 fully saturated rings. The van der Waals surface area contributed by atoms with Crippen LogP contribution in [0.1, 0.15) is 6.92 Å². The van der Waals surface area contributed by atoms with Crippen molar-refractivity contribution in [3.63, 3.8) is 0 Å². The Balaban J connectivity index is 2.87. The van der Waals surface area contributed by atoms with Crippen molar-refractivity contribution in [2.24, 2.45) is 0 Å². The number of carbonyl (C=O) groups is 1. The molecule has 0 saturated heterocycles. The second kappa shape index (κ2) is 5.51. The molecule has 3 nitrogen and oxygen atoms in total. The lowest BCUT2D eigenvalue weighted by molar-refractivity contribution is -0.145. The van der Waals surface area contributed by atoms with E-state index in [-0.39, 0.29) is 12.7 Å². The van der Waals surface area contributed by atoms with E-state index in [4.69, 9.17) is 0 Å². The van der Waals surface area contributed by atoms with Gasteiger partial charge in [0.25, 0.3) is 0 Å². The predicted octanol–water partition coefficient (Wildman–Crippen LogP) is 2.18. The van der Waals surface area contributed by atoms with Crippen LogP contribution in [0.2, 0.25) is 0 Å². The van der Waals surface area contributed by atoms with Crippen molar-refractivity contribution in [1.29, 1.82) is 0 Å². The molecule has 17 heavy (non-hydrogen) atoms. The molecule has 0 N–H and O–H groups in total. The van der Waals surface area contributed by atoms with Gasteiger partial charge in [-0.1, -0.05) is 0 Å². The highest BCUT2D eigenvalue weighted by atomic mass is 19.2. The minimum atomic E-state index is -1.70. The number of ether oxygens (including phenoxy) is 2. The number of esters is 1. The van der Waals surface area contributed by atoms with Crippen LogP contribution >= 0.6 is 0 Å². The highest BCUT2D eigenvalue weighted by Gasteiger charge is 2.21. The van der Waals surface area contributed by atoms with E-state index >= 15 is 0 Å². The average Bonchev–Trinajstić information content (AvgIpc) is 2.27. The number of hydrogen-bond acceptors (Lipinski definition) is 3. The van der Waals surface area contributed by atoms with Gasteiger partial charge >= 0.3 is 5.97 Å². The summed E-state index contributed by atoms with van der Waals surface area (Å²) in [6, 6.07) is 0.0435. The molecule has 0 heterocycles. The van der Waals surface area contributed by atoms with Crippen molar-refractivity contribution < 1.29 is 31.8 Å². The third-order valence-corrected chi connectivity index (χ3v) is 1.71. The molecule has 0 bridgehead atoms. The Labute approximate surface area is 93.9 Å². The molecule has 0 radical (unpaired) electrons. The van der Waals surface area contributed by atoms with Gasteiger partial charge in [-0.2, -0.15) is 8.78 Å². The number of carbonyl (C=O) groups excluding carboxylic acids is 1. The van der Waals surface area contributed by atoms with E-state index < -0.39 is 41.6 Å². The molecular formula is C10H8F4O3. The minimum absolute atomic E-state index is 0.0435. The summed E-state index contributed by atoms with van der Waals surface area (Å²) < 4.78 is 60.2. The number of benzene rings is 1. The van der Waals surface area contributed by atoms with Gasteiger partial charge in [0.05, 0.1) is 6.61 Å². The summed E-state index contributed by atoms with van der Waals surface area (Å²) in [7, 11) is 0. The Hall–Kier alpha value is -1.79. The van der Waals surface area contributed by atoms with Crippen molar-refractivity contribution in [2.75, 3.05) is 13.2 Å². The van der Waals surface area contributed by atoms with Crippen molar-refractivity contribution in [2.45, 2.75) is 6.92 Å². The van der Waals surface area contributed by atoms with Gasteiger partial charge in [-0.25, -0.2) is 13.6 Å². The van der Waals surface area contributed by atoms with Crippen molar-refractivity contribution >= 4 is 5.97 Å². The number of hydrogen-bond donors (Lipinski definition) is 0. The molecule has 0 aromatic heterocycles. The third-order valence-electron chi connectivity index (χ3n) is 1.71. The highest BCUT2D eigenvalue weighted by Crippen LogP contribution is 2.26. The molecule has 1 aromatic rings. The normalized spacial score (nSPS) is 10.2. The van der Waals surface area contributed by atoms with Crippen LogP contribution in [0.15, 0.2) is 6.07 Å². The fraction of sp³-hybridized carbons (Fsp3) is 0.300. The lowest BCUT2D eigenvalue weighted by Crippen LogP contribution is -2.16. The van der Waals surface area contributed by atoms with E-state index in [9.17, 15) is 22.4 Å². The van der Waals surface area contributed by atoms with Gasteiger partial charge in [-0.05, 0) is 6.92 Å². The van der Waals surface area contributed by atoms with E-state index in [0.29, 0.717) is 0 Å². The van der Waals surface area contributed by atoms with Crippen LogP contribution in [-0.4, -0.2) is 19.2 Å². The first-order valence-electron chi connectivity index (χ1n) is 4.58. The van der Waals surface area contributed by atoms with Gasteiger partial charge in [-0.3, -0.25) is 0 Å². The summed E-state index contributed by atoms with van der Waals surface area (Å²) in [6.07, 6.45) is 0. The fourth-order valence-corrected chi connectivity index (χ4v) is 1.01. The Morgan fingerprint density at radius 2 is 1.71 bits per heavy atom. The largest absolute Gasteiger partial charge is 0.476 e. The van der Waals surface area contributed by atoms with Gasteiger partial charge in [0.1, 0.15) is 0 Å². The zero-order valence-electron chi connectivity index (χ0n) is 8.73.